The number of fused-ring (bicyclic) bond motifs is 1. The molecular formula is C22H17N5O6S3. The Morgan fingerprint density at radius 2 is 2.03 bits per heavy atom. The molecule has 0 unspecified atom stereocenters. The van der Waals surface area contributed by atoms with Gasteiger partial charge in [-0.25, -0.2) is 4.79 Å². The third-order valence-electron chi connectivity index (χ3n) is 5.40. The second-order valence-corrected chi connectivity index (χ2v) is 10.6. The molecule has 3 aromatic rings. The van der Waals surface area contributed by atoms with Crippen LogP contribution in [0.2, 0.25) is 0 Å². The van der Waals surface area contributed by atoms with Crippen LogP contribution in [-0.2, 0) is 14.4 Å². The van der Waals surface area contributed by atoms with Crippen molar-refractivity contribution in [2.75, 3.05) is 11.5 Å². The molecule has 4 heterocycles. The van der Waals surface area contributed by atoms with Crippen molar-refractivity contribution in [3.8, 4) is 11.5 Å². The van der Waals surface area contributed by atoms with Crippen LogP contribution >= 0.6 is 34.9 Å². The molecule has 11 nitrogen and oxygen atoms in total. The van der Waals surface area contributed by atoms with E-state index in [2.05, 4.69) is 20.7 Å². The first-order valence-corrected chi connectivity index (χ1v) is 13.4. The summed E-state index contributed by atoms with van der Waals surface area (Å²) in [4.78, 5) is 39.2. The zero-order chi connectivity index (χ0) is 25.2. The Labute approximate surface area is 216 Å². The van der Waals surface area contributed by atoms with Crippen LogP contribution in [-0.4, -0.2) is 71.8 Å². The van der Waals surface area contributed by atoms with Crippen molar-refractivity contribution < 1.29 is 29.1 Å². The largest absolute Gasteiger partial charge is 0.477 e. The number of carboxylic acids is 1. The molecule has 184 valence electrons. The second kappa shape index (κ2) is 10.2. The Kier molecular flexibility index (Phi) is 6.80. The maximum Gasteiger partial charge on any atom is 0.352 e. The number of nitrogens with zero attached hydrogens (tertiary/aromatic N) is 4. The average molecular weight is 544 g/mol. The van der Waals surface area contributed by atoms with E-state index in [9.17, 15) is 24.7 Å². The van der Waals surface area contributed by atoms with Gasteiger partial charge in [0.05, 0.1) is 4.88 Å². The molecule has 36 heavy (non-hydrogen) atoms. The average Bonchev–Trinajstić information content (AvgIpc) is 3.59. The standard InChI is InChI=1S/C22H17N5O6S3/c28-17(14(26-32)13-7-4-8-34-13)23-15-19(29)27-16(21(30)31)12(9-35-20(15)27)10-36-22-25-24-18(33-22)11-5-2-1-3-6-11/h1-8,15,20,32H,9-10H2,(H,23,28)(H,30,31)/t15-,20+/m1/s1. The number of benzene rings is 1. The number of rotatable bonds is 8. The number of thioether (sulfide) groups is 2. The van der Waals surface area contributed by atoms with Gasteiger partial charge < -0.3 is 20.0 Å². The highest BCUT2D eigenvalue weighted by molar-refractivity contribution is 8.01. The van der Waals surface area contributed by atoms with Crippen LogP contribution in [0.25, 0.3) is 11.5 Å². The molecule has 2 aromatic heterocycles. The lowest BCUT2D eigenvalue weighted by molar-refractivity contribution is -0.150. The molecule has 0 aliphatic carbocycles. The molecule has 0 bridgehead atoms. The van der Waals surface area contributed by atoms with Crippen LogP contribution in [0.1, 0.15) is 4.88 Å². The van der Waals surface area contributed by atoms with Crippen molar-refractivity contribution in [3.05, 3.63) is 64.0 Å². The minimum atomic E-state index is -1.24. The van der Waals surface area contributed by atoms with Crippen LogP contribution in [0.15, 0.2) is 73.9 Å². The summed E-state index contributed by atoms with van der Waals surface area (Å²) in [6.07, 6.45) is 0. The topological polar surface area (TPSA) is 158 Å². The predicted molar refractivity (Wildman–Crippen MR) is 133 cm³/mol. The third-order valence-corrected chi connectivity index (χ3v) is 8.52. The first-order chi connectivity index (χ1) is 17.5. The Balaban J connectivity index is 1.28. The molecule has 0 saturated carbocycles. The summed E-state index contributed by atoms with van der Waals surface area (Å²) in [7, 11) is 0. The molecule has 2 amide bonds. The predicted octanol–water partition coefficient (Wildman–Crippen LogP) is 2.51. The van der Waals surface area contributed by atoms with Gasteiger partial charge >= 0.3 is 5.97 Å². The van der Waals surface area contributed by atoms with E-state index in [1.807, 2.05) is 30.3 Å². The van der Waals surface area contributed by atoms with E-state index in [4.69, 9.17) is 4.42 Å². The maximum atomic E-state index is 12.9. The third kappa shape index (κ3) is 4.50. The van der Waals surface area contributed by atoms with Crippen LogP contribution in [0.5, 0.6) is 0 Å². The number of aliphatic carboxylic acids is 1. The molecule has 2 aliphatic heterocycles. The zero-order valence-electron chi connectivity index (χ0n) is 18.2. The Hall–Kier alpha value is -3.62. The fourth-order valence-corrected chi connectivity index (χ4v) is 6.69. The second-order valence-electron chi connectivity index (χ2n) is 7.57. The molecule has 1 saturated heterocycles. The Bertz CT molecular complexity index is 1370. The maximum absolute atomic E-state index is 12.9. The van der Waals surface area contributed by atoms with Gasteiger partial charge in [-0.2, -0.15) is 0 Å². The monoisotopic (exact) mass is 543 g/mol. The fraction of sp³-hybridized carbons (Fsp3) is 0.182. The number of carboxylic acid groups (broad SMARTS) is 1. The first kappa shape index (κ1) is 24.1. The van der Waals surface area contributed by atoms with E-state index in [0.29, 0.717) is 22.1 Å². The number of carbonyl (C=O) groups is 3. The van der Waals surface area contributed by atoms with Crippen LogP contribution in [0.3, 0.4) is 0 Å². The number of amides is 2. The minimum absolute atomic E-state index is 0.112. The van der Waals surface area contributed by atoms with E-state index in [0.717, 1.165) is 5.56 Å². The van der Waals surface area contributed by atoms with E-state index >= 15 is 0 Å². The summed E-state index contributed by atoms with van der Waals surface area (Å²) >= 11 is 3.74. The van der Waals surface area contributed by atoms with Crippen molar-refractivity contribution in [2.24, 2.45) is 5.16 Å². The molecule has 3 N–H and O–H groups in total. The summed E-state index contributed by atoms with van der Waals surface area (Å²) in [6, 6.07) is 11.6. The van der Waals surface area contributed by atoms with E-state index in [1.54, 1.807) is 17.5 Å². The van der Waals surface area contributed by atoms with Crippen molar-refractivity contribution in [1.29, 1.82) is 0 Å². The molecule has 1 aromatic carbocycles. The molecular weight excluding hydrogens is 526 g/mol. The Morgan fingerprint density at radius 3 is 2.72 bits per heavy atom. The lowest BCUT2D eigenvalue weighted by Gasteiger charge is -2.49. The molecule has 5 rings (SSSR count). The van der Waals surface area contributed by atoms with Crippen molar-refractivity contribution in [3.63, 3.8) is 0 Å². The lowest BCUT2D eigenvalue weighted by Crippen LogP contribution is -2.71. The summed E-state index contributed by atoms with van der Waals surface area (Å²) in [5, 5.41) is 34.2. The van der Waals surface area contributed by atoms with Gasteiger partial charge in [0.2, 0.25) is 5.89 Å². The lowest BCUT2D eigenvalue weighted by atomic mass is 10.0. The van der Waals surface area contributed by atoms with Gasteiger partial charge in [0, 0.05) is 17.1 Å². The van der Waals surface area contributed by atoms with Gasteiger partial charge in [-0.3, -0.25) is 14.5 Å². The number of aromatic nitrogens is 2. The smallest absolute Gasteiger partial charge is 0.352 e. The SMILES string of the molecule is O=C(O)C1=C(CSc2nnc(-c3ccccc3)o2)CS[C@H]2[C@H](NC(=O)C(=NO)c3cccs3)C(=O)N12. The molecule has 1 fully saturated rings. The number of carbonyl (C=O) groups excluding carboxylic acids is 2. The quantitative estimate of drug-likeness (QED) is 0.127. The highest BCUT2D eigenvalue weighted by Gasteiger charge is 2.54. The molecule has 2 aliphatic rings. The van der Waals surface area contributed by atoms with Gasteiger partial charge in [0.1, 0.15) is 17.1 Å². The number of hydrogen-bond donors (Lipinski definition) is 3. The van der Waals surface area contributed by atoms with Gasteiger partial charge in [-0.05, 0) is 29.2 Å². The van der Waals surface area contributed by atoms with E-state index in [1.165, 1.54) is 39.8 Å². The molecule has 2 atom stereocenters. The number of β-lactam (4-membered cyclic amide) rings is 1. The first-order valence-electron chi connectivity index (χ1n) is 10.5. The zero-order valence-corrected chi connectivity index (χ0v) is 20.7. The van der Waals surface area contributed by atoms with E-state index < -0.39 is 29.2 Å². The van der Waals surface area contributed by atoms with Crippen LogP contribution < -0.4 is 5.32 Å². The Morgan fingerprint density at radius 1 is 1.22 bits per heavy atom. The summed E-state index contributed by atoms with van der Waals surface area (Å²) < 4.78 is 5.67. The summed E-state index contributed by atoms with van der Waals surface area (Å²) in [5.74, 6) is -1.58. The van der Waals surface area contributed by atoms with Crippen molar-refractivity contribution in [2.45, 2.75) is 16.6 Å². The highest BCUT2D eigenvalue weighted by atomic mass is 32.2. The molecule has 14 heteroatoms. The molecule has 0 radical (unpaired) electrons. The number of thiophene rings is 1. The fourth-order valence-electron chi connectivity index (χ4n) is 3.74. The summed E-state index contributed by atoms with van der Waals surface area (Å²) in [5.41, 5.74) is 0.977. The van der Waals surface area contributed by atoms with Crippen molar-refractivity contribution >= 4 is 58.4 Å². The van der Waals surface area contributed by atoms with Crippen LogP contribution in [0.4, 0.5) is 0 Å². The number of nitrogens with one attached hydrogen (secondary N) is 1. The molecule has 0 spiro atoms. The van der Waals surface area contributed by atoms with E-state index in [-0.39, 0.29) is 22.4 Å². The number of hydrogen-bond acceptors (Lipinski definition) is 11. The number of oxime groups is 1. The highest BCUT2D eigenvalue weighted by Crippen LogP contribution is 2.41. The van der Waals surface area contributed by atoms with Crippen LogP contribution in [0, 0.1) is 0 Å². The summed E-state index contributed by atoms with van der Waals surface area (Å²) in [6.45, 7) is 0. The van der Waals surface area contributed by atoms with Gasteiger partial charge in [0.15, 0.2) is 5.71 Å². The van der Waals surface area contributed by atoms with Crippen molar-refractivity contribution in [1.82, 2.24) is 20.4 Å². The normalized spacial score (nSPS) is 19.6. The van der Waals surface area contributed by atoms with Gasteiger partial charge in [-0.1, -0.05) is 41.2 Å². The van der Waals surface area contributed by atoms with Gasteiger partial charge in [-0.15, -0.1) is 33.3 Å². The van der Waals surface area contributed by atoms with Gasteiger partial charge in [0.25, 0.3) is 17.0 Å². The minimum Gasteiger partial charge on any atom is -0.477 e.